The molecule has 8 nitrogen and oxygen atoms in total. The van der Waals surface area contributed by atoms with Gasteiger partial charge in [0.1, 0.15) is 0 Å². The molecule has 1 aliphatic carbocycles. The van der Waals surface area contributed by atoms with Crippen LogP contribution in [0, 0.1) is 39.4 Å². The van der Waals surface area contributed by atoms with Gasteiger partial charge in [0, 0.05) is 0 Å². The lowest BCUT2D eigenvalue weighted by Gasteiger charge is -2.09. The quantitative estimate of drug-likeness (QED) is 0.579. The van der Waals surface area contributed by atoms with Gasteiger partial charge in [-0.1, -0.05) is 0 Å². The van der Waals surface area contributed by atoms with Crippen LogP contribution >= 0.6 is 0 Å². The van der Waals surface area contributed by atoms with E-state index in [1.54, 1.807) is 12.1 Å². The lowest BCUT2D eigenvalue weighted by Crippen LogP contribution is -2.29. The first-order valence-electron chi connectivity index (χ1n) is 6.05. The van der Waals surface area contributed by atoms with E-state index >= 15 is 0 Å². The van der Waals surface area contributed by atoms with Gasteiger partial charge in [-0.05, 0) is 12.1 Å². The van der Waals surface area contributed by atoms with E-state index in [-0.39, 0.29) is 5.76 Å². The average molecular weight is 302 g/mol. The molecule has 0 spiro atoms. The second-order valence-electron chi connectivity index (χ2n) is 4.60. The number of carbonyl (C=O) groups is 3. The van der Waals surface area contributed by atoms with E-state index < -0.39 is 34.5 Å². The molecular weight excluding hydrogens is 292 g/mol. The van der Waals surface area contributed by atoms with Crippen molar-refractivity contribution in [1.29, 1.82) is 10.5 Å². The van der Waals surface area contributed by atoms with Crippen LogP contribution in [0.2, 0.25) is 0 Å². The van der Waals surface area contributed by atoms with E-state index in [9.17, 15) is 24.9 Å². The summed E-state index contributed by atoms with van der Waals surface area (Å²) in [7, 11) is 1.99. The maximum absolute atomic E-state index is 12.4. The molecule has 1 fully saturated rings. The summed E-state index contributed by atoms with van der Waals surface area (Å²) in [5, 5.41) is 18.8. The second-order valence-corrected chi connectivity index (χ2v) is 4.60. The van der Waals surface area contributed by atoms with Crippen LogP contribution in [0.3, 0.4) is 0 Å². The molecule has 0 bridgehead atoms. The third-order valence-electron chi connectivity index (χ3n) is 3.80. The number of carbonyl (C=O) groups excluding carboxylic acids is 3. The van der Waals surface area contributed by atoms with Gasteiger partial charge in [0.15, 0.2) is 16.6 Å². The van der Waals surface area contributed by atoms with Crippen molar-refractivity contribution in [3.05, 3.63) is 24.2 Å². The van der Waals surface area contributed by atoms with Crippen molar-refractivity contribution in [3.63, 3.8) is 0 Å². The normalized spacial score (nSPS) is 28.8. The Kier molecular flexibility index (Phi) is 3.47. The van der Waals surface area contributed by atoms with Crippen LogP contribution in [0.15, 0.2) is 22.8 Å². The van der Waals surface area contributed by atoms with Gasteiger partial charge in [-0.25, -0.2) is 0 Å². The number of nitriles is 2. The number of esters is 2. The van der Waals surface area contributed by atoms with Crippen molar-refractivity contribution >= 4 is 17.7 Å². The Hall–Kier alpha value is -3.13. The van der Waals surface area contributed by atoms with Gasteiger partial charge in [-0.2, -0.15) is 10.5 Å². The third-order valence-corrected chi connectivity index (χ3v) is 3.80. The van der Waals surface area contributed by atoms with Crippen LogP contribution in [0.25, 0.3) is 0 Å². The number of hydrogen-bond donors (Lipinski definition) is 0. The Morgan fingerprint density at radius 3 is 1.95 bits per heavy atom. The van der Waals surface area contributed by atoms with Gasteiger partial charge in [-0.3, -0.25) is 14.4 Å². The van der Waals surface area contributed by atoms with Crippen LogP contribution in [-0.4, -0.2) is 31.9 Å². The summed E-state index contributed by atoms with van der Waals surface area (Å²) in [6.45, 7) is 0. The molecule has 1 aromatic rings. The molecule has 22 heavy (non-hydrogen) atoms. The maximum atomic E-state index is 12.4. The van der Waals surface area contributed by atoms with Gasteiger partial charge < -0.3 is 13.9 Å². The molecule has 0 aliphatic heterocycles. The Morgan fingerprint density at radius 2 is 1.64 bits per heavy atom. The Bertz CT molecular complexity index is 686. The topological polar surface area (TPSA) is 130 Å². The number of nitrogens with zero attached hydrogens (tertiary/aromatic N) is 2. The summed E-state index contributed by atoms with van der Waals surface area (Å²) in [4.78, 5) is 36.5. The molecule has 112 valence electrons. The molecule has 1 aliphatic rings. The summed E-state index contributed by atoms with van der Waals surface area (Å²) in [5.41, 5.74) is -4.51. The Morgan fingerprint density at radius 1 is 1.14 bits per heavy atom. The molecule has 1 saturated carbocycles. The lowest BCUT2D eigenvalue weighted by molar-refractivity contribution is -0.153. The highest BCUT2D eigenvalue weighted by Gasteiger charge is 2.91. The summed E-state index contributed by atoms with van der Waals surface area (Å²) in [5.74, 6) is -4.83. The van der Waals surface area contributed by atoms with E-state index in [1.807, 2.05) is 0 Å². The monoisotopic (exact) mass is 302 g/mol. The van der Waals surface area contributed by atoms with Crippen molar-refractivity contribution in [2.75, 3.05) is 14.2 Å². The molecule has 0 saturated heterocycles. The zero-order valence-electron chi connectivity index (χ0n) is 11.7. The highest BCUT2D eigenvalue weighted by atomic mass is 16.5. The van der Waals surface area contributed by atoms with Gasteiger partial charge in [0.05, 0.1) is 38.5 Å². The number of ether oxygens (including phenoxy) is 2. The third kappa shape index (κ3) is 1.52. The molecule has 2 rings (SSSR count). The van der Waals surface area contributed by atoms with Crippen molar-refractivity contribution in [1.82, 2.24) is 0 Å². The standard InChI is InChI=1S/C14H10N2O6/c1-20-11(18)13(6-15)10(9(17)8-4-3-5-22-8)14(13,7-16)12(19)21-2/h3-5,10H,1-2H3. The summed E-state index contributed by atoms with van der Waals surface area (Å²) in [6.07, 6.45) is 1.22. The Balaban J connectivity index is 2.63. The summed E-state index contributed by atoms with van der Waals surface area (Å²) in [6, 6.07) is 5.92. The van der Waals surface area contributed by atoms with Crippen LogP contribution in [-0.2, 0) is 19.1 Å². The highest BCUT2D eigenvalue weighted by molar-refractivity contribution is 6.13. The molecule has 2 atom stereocenters. The molecule has 2 unspecified atom stereocenters. The molecule has 8 heteroatoms. The largest absolute Gasteiger partial charge is 0.468 e. The van der Waals surface area contributed by atoms with Crippen LogP contribution in [0.1, 0.15) is 10.6 Å². The minimum Gasteiger partial charge on any atom is -0.468 e. The number of furan rings is 1. The Labute approximate surface area is 124 Å². The fourth-order valence-corrected chi connectivity index (χ4v) is 2.71. The molecule has 0 N–H and O–H groups in total. The fraction of sp³-hybridized carbons (Fsp3) is 0.357. The molecule has 1 aromatic heterocycles. The number of Topliss-reactive ketones (excluding diaryl/α,β-unsaturated/α-hetero) is 1. The predicted octanol–water partition coefficient (Wildman–Crippen LogP) is 0.458. The minimum atomic E-state index is -2.26. The second kappa shape index (κ2) is 5.01. The molecule has 1 heterocycles. The lowest BCUT2D eigenvalue weighted by atomic mass is 9.95. The molecule has 0 radical (unpaired) electrons. The minimum absolute atomic E-state index is 0.172. The van der Waals surface area contributed by atoms with Crippen molar-refractivity contribution < 1.29 is 28.3 Å². The number of ketones is 1. The van der Waals surface area contributed by atoms with Crippen LogP contribution < -0.4 is 0 Å². The first kappa shape index (κ1) is 15.3. The van der Waals surface area contributed by atoms with Gasteiger partial charge >= 0.3 is 11.9 Å². The van der Waals surface area contributed by atoms with E-state index in [0.29, 0.717) is 0 Å². The van der Waals surface area contributed by atoms with Gasteiger partial charge in [0.25, 0.3) is 0 Å². The van der Waals surface area contributed by atoms with E-state index in [1.165, 1.54) is 18.4 Å². The SMILES string of the molecule is COC(=O)C1(C#N)C(C(=O)c2ccco2)C1(C#N)C(=O)OC. The highest BCUT2D eigenvalue weighted by Crippen LogP contribution is 2.70. The van der Waals surface area contributed by atoms with E-state index in [0.717, 1.165) is 14.2 Å². The zero-order chi connectivity index (χ0) is 16.5. The number of hydrogen-bond acceptors (Lipinski definition) is 8. The summed E-state index contributed by atoms with van der Waals surface area (Å²) >= 11 is 0. The van der Waals surface area contributed by atoms with Crippen molar-refractivity contribution in [2.24, 2.45) is 16.7 Å². The number of rotatable bonds is 4. The zero-order valence-corrected chi connectivity index (χ0v) is 11.7. The first-order chi connectivity index (χ1) is 10.5. The van der Waals surface area contributed by atoms with Crippen molar-refractivity contribution in [3.8, 4) is 12.1 Å². The maximum Gasteiger partial charge on any atom is 0.329 e. The summed E-state index contributed by atoms with van der Waals surface area (Å²) < 4.78 is 14.0. The van der Waals surface area contributed by atoms with Crippen LogP contribution in [0.4, 0.5) is 0 Å². The average Bonchev–Trinajstić information content (AvgIpc) is 2.86. The van der Waals surface area contributed by atoms with Gasteiger partial charge in [0.2, 0.25) is 5.78 Å². The predicted molar refractivity (Wildman–Crippen MR) is 66.7 cm³/mol. The smallest absolute Gasteiger partial charge is 0.329 e. The van der Waals surface area contributed by atoms with Gasteiger partial charge in [-0.15, -0.1) is 0 Å². The number of methoxy groups -OCH3 is 2. The molecular formula is C14H10N2O6. The van der Waals surface area contributed by atoms with E-state index in [2.05, 4.69) is 9.47 Å². The van der Waals surface area contributed by atoms with Crippen molar-refractivity contribution in [2.45, 2.75) is 0 Å². The molecule has 0 amide bonds. The first-order valence-corrected chi connectivity index (χ1v) is 6.05. The van der Waals surface area contributed by atoms with E-state index in [4.69, 9.17) is 4.42 Å². The van der Waals surface area contributed by atoms with Crippen LogP contribution in [0.5, 0.6) is 0 Å². The molecule has 0 aromatic carbocycles. The fourth-order valence-electron chi connectivity index (χ4n) is 2.71.